The van der Waals surface area contributed by atoms with Gasteiger partial charge in [-0.25, -0.2) is 9.13 Å². The fraction of sp³-hybridized carbons (Fsp3) is 0.940. The topological polar surface area (TPSA) is 237 Å². The molecule has 510 valence electrons. The van der Waals surface area contributed by atoms with Crippen LogP contribution in [0.15, 0.2) is 0 Å². The number of phosphoric ester groups is 2. The maximum Gasteiger partial charge on any atom is 0.472 e. The molecule has 0 aromatic rings. The summed E-state index contributed by atoms with van der Waals surface area (Å²) in [5.41, 5.74) is 0. The van der Waals surface area contributed by atoms with E-state index in [9.17, 15) is 43.2 Å². The summed E-state index contributed by atoms with van der Waals surface area (Å²) in [6.45, 7) is 11.7. The molecule has 0 spiro atoms. The standard InChI is InChI=1S/C67H130O17P2/c1-8-11-12-31-41-48-64(69)77-54-62(84-67(72)51-44-37-30-29-34-40-47-60(7)10-3)56-81-85(73,74)79-52-61(68)53-80-86(75,76)82-57-63(55-78-65(70)49-42-35-27-24-23-26-33-39-46-59(6)9-2)83-66(71)50-43-36-28-22-20-18-16-14-13-15-17-19-21-25-32-38-45-58(4)5/h58-63,68H,8-57H2,1-7H3,(H,73,74)(H,75,76)/t59?,60?,61-,62+,63+/m0/s1. The fourth-order valence-corrected chi connectivity index (χ4v) is 11.5. The molecule has 0 fully saturated rings. The molecule has 19 heteroatoms. The Hall–Kier alpha value is -1.94. The Morgan fingerprint density at radius 3 is 0.884 bits per heavy atom. The van der Waals surface area contributed by atoms with Gasteiger partial charge in [-0.05, 0) is 43.4 Å². The van der Waals surface area contributed by atoms with Gasteiger partial charge in [0.15, 0.2) is 12.2 Å². The first-order chi connectivity index (χ1) is 41.3. The zero-order chi connectivity index (χ0) is 63.8. The van der Waals surface area contributed by atoms with Gasteiger partial charge in [-0.3, -0.25) is 37.3 Å². The van der Waals surface area contributed by atoms with Crippen molar-refractivity contribution in [3.8, 4) is 0 Å². The van der Waals surface area contributed by atoms with Gasteiger partial charge in [0, 0.05) is 25.7 Å². The summed E-state index contributed by atoms with van der Waals surface area (Å²) >= 11 is 0. The van der Waals surface area contributed by atoms with Crippen LogP contribution in [-0.4, -0.2) is 96.7 Å². The Morgan fingerprint density at radius 2 is 0.593 bits per heavy atom. The first-order valence-electron chi connectivity index (χ1n) is 34.9. The third kappa shape index (κ3) is 58.4. The van der Waals surface area contributed by atoms with E-state index in [2.05, 4.69) is 48.5 Å². The molecule has 17 nitrogen and oxygen atoms in total. The molecule has 86 heavy (non-hydrogen) atoms. The first kappa shape index (κ1) is 84.1. The number of phosphoric acid groups is 2. The zero-order valence-electron chi connectivity index (χ0n) is 55.8. The van der Waals surface area contributed by atoms with Crippen molar-refractivity contribution < 1.29 is 80.2 Å². The molecular formula is C67H130O17P2. The predicted octanol–water partition coefficient (Wildman–Crippen LogP) is 18.7. The van der Waals surface area contributed by atoms with Crippen molar-refractivity contribution in [2.45, 2.75) is 349 Å². The Kier molecular flexibility index (Phi) is 56.9. The molecule has 0 saturated carbocycles. The maximum atomic E-state index is 13.0. The van der Waals surface area contributed by atoms with Gasteiger partial charge >= 0.3 is 39.5 Å². The predicted molar refractivity (Wildman–Crippen MR) is 344 cm³/mol. The van der Waals surface area contributed by atoms with E-state index < -0.39 is 97.5 Å². The van der Waals surface area contributed by atoms with Crippen molar-refractivity contribution in [1.82, 2.24) is 0 Å². The van der Waals surface area contributed by atoms with Crippen LogP contribution in [0, 0.1) is 17.8 Å². The third-order valence-electron chi connectivity index (χ3n) is 16.1. The lowest BCUT2D eigenvalue weighted by molar-refractivity contribution is -0.161. The molecule has 0 aliphatic rings. The highest BCUT2D eigenvalue weighted by Gasteiger charge is 2.30. The molecule has 0 aliphatic carbocycles. The van der Waals surface area contributed by atoms with Crippen molar-refractivity contribution >= 4 is 39.5 Å². The lowest BCUT2D eigenvalue weighted by atomic mass is 9.99. The molecule has 0 saturated heterocycles. The average Bonchev–Trinajstić information content (AvgIpc) is 3.62. The molecule has 0 aromatic heterocycles. The highest BCUT2D eigenvalue weighted by Crippen LogP contribution is 2.45. The number of unbranched alkanes of at least 4 members (excludes halogenated alkanes) is 31. The Bertz CT molecular complexity index is 1700. The second kappa shape index (κ2) is 58.2. The van der Waals surface area contributed by atoms with Crippen LogP contribution >= 0.6 is 15.6 Å². The second-order valence-electron chi connectivity index (χ2n) is 25.2. The minimum Gasteiger partial charge on any atom is -0.462 e. The SMILES string of the molecule is CCCCCCCC(=O)OC[C@H](COP(=O)(O)OC[C@H](O)COP(=O)(O)OC[C@@H](COC(=O)CCCCCCCCCCC(C)CC)OC(=O)CCCCCCCCCCCCCCCCCCC(C)C)OC(=O)CCCCCCCCC(C)CC. The number of esters is 4. The normalized spacial score (nSPS) is 14.9. The molecule has 0 aliphatic heterocycles. The molecular weight excluding hydrogens is 1140 g/mol. The van der Waals surface area contributed by atoms with Crippen molar-refractivity contribution in [2.75, 3.05) is 39.6 Å². The van der Waals surface area contributed by atoms with Crippen molar-refractivity contribution in [1.29, 1.82) is 0 Å². The number of carbonyl (C=O) groups excluding carboxylic acids is 4. The van der Waals surface area contributed by atoms with Crippen LogP contribution in [0.4, 0.5) is 0 Å². The summed E-state index contributed by atoms with van der Waals surface area (Å²) < 4.78 is 67.9. The third-order valence-corrected chi connectivity index (χ3v) is 18.0. The largest absolute Gasteiger partial charge is 0.472 e. The lowest BCUT2D eigenvalue weighted by Crippen LogP contribution is -2.30. The van der Waals surface area contributed by atoms with E-state index in [-0.39, 0.29) is 25.7 Å². The molecule has 0 bridgehead atoms. The van der Waals surface area contributed by atoms with E-state index >= 15 is 0 Å². The minimum atomic E-state index is -4.95. The Balaban J connectivity index is 5.15. The van der Waals surface area contributed by atoms with Gasteiger partial charge < -0.3 is 33.8 Å². The molecule has 0 heterocycles. The number of aliphatic hydroxyl groups excluding tert-OH is 1. The van der Waals surface area contributed by atoms with Crippen molar-refractivity contribution in [2.24, 2.45) is 17.8 Å². The van der Waals surface area contributed by atoms with Gasteiger partial charge in [-0.2, -0.15) is 0 Å². The molecule has 4 unspecified atom stereocenters. The number of hydrogen-bond donors (Lipinski definition) is 3. The minimum absolute atomic E-state index is 0.102. The van der Waals surface area contributed by atoms with Gasteiger partial charge in [-0.15, -0.1) is 0 Å². The zero-order valence-corrected chi connectivity index (χ0v) is 57.6. The van der Waals surface area contributed by atoms with Crippen molar-refractivity contribution in [3.63, 3.8) is 0 Å². The van der Waals surface area contributed by atoms with Crippen LogP contribution in [0.1, 0.15) is 331 Å². The summed E-state index contributed by atoms with van der Waals surface area (Å²) in [6, 6.07) is 0. The van der Waals surface area contributed by atoms with E-state index in [0.29, 0.717) is 25.7 Å². The van der Waals surface area contributed by atoms with Gasteiger partial charge in [0.1, 0.15) is 19.3 Å². The summed E-state index contributed by atoms with van der Waals surface area (Å²) in [6.07, 6.45) is 40.8. The Morgan fingerprint density at radius 1 is 0.337 bits per heavy atom. The summed E-state index contributed by atoms with van der Waals surface area (Å²) in [5.74, 6) is 0.162. The smallest absolute Gasteiger partial charge is 0.462 e. The number of carbonyl (C=O) groups is 4. The summed E-state index contributed by atoms with van der Waals surface area (Å²) in [4.78, 5) is 72.1. The maximum absolute atomic E-state index is 13.0. The Labute approximate surface area is 524 Å². The number of aliphatic hydroxyl groups is 1. The van der Waals surface area contributed by atoms with E-state index in [1.165, 1.54) is 135 Å². The number of hydrogen-bond acceptors (Lipinski definition) is 15. The quantitative estimate of drug-likeness (QED) is 0.0222. The molecule has 0 radical (unpaired) electrons. The average molecular weight is 1270 g/mol. The van der Waals surface area contributed by atoms with Gasteiger partial charge in [0.25, 0.3) is 0 Å². The summed E-state index contributed by atoms with van der Waals surface area (Å²) in [7, 11) is -9.89. The molecule has 0 amide bonds. The van der Waals surface area contributed by atoms with Crippen LogP contribution in [0.2, 0.25) is 0 Å². The van der Waals surface area contributed by atoms with Gasteiger partial charge in [-0.1, -0.05) is 280 Å². The van der Waals surface area contributed by atoms with E-state index in [1.54, 1.807) is 0 Å². The van der Waals surface area contributed by atoms with Crippen LogP contribution in [0.3, 0.4) is 0 Å². The van der Waals surface area contributed by atoms with Crippen molar-refractivity contribution in [3.05, 3.63) is 0 Å². The highest BCUT2D eigenvalue weighted by atomic mass is 31.2. The van der Waals surface area contributed by atoms with Crippen LogP contribution < -0.4 is 0 Å². The molecule has 0 rings (SSSR count). The monoisotopic (exact) mass is 1270 g/mol. The lowest BCUT2D eigenvalue weighted by Gasteiger charge is -2.21. The second-order valence-corrected chi connectivity index (χ2v) is 28.1. The highest BCUT2D eigenvalue weighted by molar-refractivity contribution is 7.47. The van der Waals surface area contributed by atoms with E-state index in [0.717, 1.165) is 114 Å². The van der Waals surface area contributed by atoms with Crippen LogP contribution in [0.25, 0.3) is 0 Å². The molecule has 0 aromatic carbocycles. The van der Waals surface area contributed by atoms with Gasteiger partial charge in [0.05, 0.1) is 26.4 Å². The van der Waals surface area contributed by atoms with E-state index in [4.69, 9.17) is 37.0 Å². The molecule has 7 atom stereocenters. The fourth-order valence-electron chi connectivity index (χ4n) is 9.95. The van der Waals surface area contributed by atoms with Gasteiger partial charge in [0.2, 0.25) is 0 Å². The van der Waals surface area contributed by atoms with Crippen LogP contribution in [0.5, 0.6) is 0 Å². The van der Waals surface area contributed by atoms with Crippen LogP contribution in [-0.2, 0) is 65.4 Å². The summed E-state index contributed by atoms with van der Waals surface area (Å²) in [5, 5.41) is 10.5. The number of rotatable bonds is 65. The first-order valence-corrected chi connectivity index (χ1v) is 37.9. The molecule has 3 N–H and O–H groups in total. The number of ether oxygens (including phenoxy) is 4. The van der Waals surface area contributed by atoms with E-state index in [1.807, 2.05) is 0 Å².